The third kappa shape index (κ3) is 6.90. The van der Waals surface area contributed by atoms with Crippen molar-refractivity contribution in [2.75, 3.05) is 30.4 Å². The molecular formula is C29H27FN2O5S2. The summed E-state index contributed by atoms with van der Waals surface area (Å²) in [5.74, 6) is -0.148. The summed E-state index contributed by atoms with van der Waals surface area (Å²) in [7, 11) is -1.56. The van der Waals surface area contributed by atoms with Crippen LogP contribution in [0.15, 0.2) is 107 Å². The molecule has 0 aliphatic carbocycles. The van der Waals surface area contributed by atoms with Crippen LogP contribution >= 0.6 is 11.8 Å². The van der Waals surface area contributed by atoms with Crippen LogP contribution in [-0.4, -0.2) is 35.1 Å². The molecule has 0 radical (unpaired) electrons. The molecular weight excluding hydrogens is 539 g/mol. The summed E-state index contributed by atoms with van der Waals surface area (Å²) in [5, 5.41) is 2.71. The predicted molar refractivity (Wildman–Crippen MR) is 152 cm³/mol. The summed E-state index contributed by atoms with van der Waals surface area (Å²) >= 11 is 1.69. The lowest BCUT2D eigenvalue weighted by molar-refractivity contribution is -0.114. The molecule has 0 unspecified atom stereocenters. The van der Waals surface area contributed by atoms with Gasteiger partial charge in [0.2, 0.25) is 5.91 Å². The molecule has 0 saturated heterocycles. The van der Waals surface area contributed by atoms with Crippen LogP contribution in [0.5, 0.6) is 11.5 Å². The number of amides is 1. The van der Waals surface area contributed by atoms with Crippen molar-refractivity contribution in [3.63, 3.8) is 0 Å². The molecule has 0 atom stereocenters. The number of sulfonamides is 1. The van der Waals surface area contributed by atoms with Gasteiger partial charge in [0.15, 0.2) is 11.5 Å². The van der Waals surface area contributed by atoms with Gasteiger partial charge >= 0.3 is 0 Å². The van der Waals surface area contributed by atoms with Crippen LogP contribution in [0.2, 0.25) is 0 Å². The normalized spacial score (nSPS) is 11.1. The lowest BCUT2D eigenvalue weighted by Crippen LogP contribution is -2.38. The fraction of sp³-hybridized carbons (Fsp3) is 0.138. The number of ether oxygens (including phenoxy) is 2. The molecule has 202 valence electrons. The Bertz CT molecular complexity index is 1530. The number of nitrogens with one attached hydrogen (secondary N) is 1. The maximum atomic E-state index is 14.8. The predicted octanol–water partition coefficient (Wildman–Crippen LogP) is 5.97. The van der Waals surface area contributed by atoms with Crippen molar-refractivity contribution in [2.24, 2.45) is 0 Å². The zero-order chi connectivity index (χ0) is 27.8. The topological polar surface area (TPSA) is 84.9 Å². The number of nitrogens with zero attached hydrogens (tertiary/aromatic N) is 1. The van der Waals surface area contributed by atoms with E-state index in [-0.39, 0.29) is 16.3 Å². The Morgan fingerprint density at radius 1 is 0.872 bits per heavy atom. The first-order valence-corrected chi connectivity index (χ1v) is 14.3. The van der Waals surface area contributed by atoms with Crippen LogP contribution in [0.1, 0.15) is 5.56 Å². The first kappa shape index (κ1) is 28.0. The molecule has 1 N–H and O–H groups in total. The van der Waals surface area contributed by atoms with Crippen LogP contribution < -0.4 is 19.1 Å². The number of hydrogen-bond acceptors (Lipinski definition) is 6. The summed E-state index contributed by atoms with van der Waals surface area (Å²) in [6, 6.07) is 26.7. The Morgan fingerprint density at radius 3 is 2.21 bits per heavy atom. The molecule has 7 nitrogen and oxygen atoms in total. The summed E-state index contributed by atoms with van der Waals surface area (Å²) in [4.78, 5) is 14.0. The van der Waals surface area contributed by atoms with E-state index in [4.69, 9.17) is 9.47 Å². The average molecular weight is 567 g/mol. The monoisotopic (exact) mass is 566 g/mol. The van der Waals surface area contributed by atoms with Gasteiger partial charge in [0.05, 0.1) is 24.8 Å². The van der Waals surface area contributed by atoms with E-state index >= 15 is 0 Å². The minimum Gasteiger partial charge on any atom is -0.493 e. The molecule has 0 heterocycles. The quantitative estimate of drug-likeness (QED) is 0.225. The Kier molecular flexibility index (Phi) is 9.11. The van der Waals surface area contributed by atoms with Gasteiger partial charge in [-0.05, 0) is 54.1 Å². The average Bonchev–Trinajstić information content (AvgIpc) is 2.96. The lowest BCUT2D eigenvalue weighted by atomic mass is 10.2. The summed E-state index contributed by atoms with van der Waals surface area (Å²) in [6.45, 7) is -0.650. The van der Waals surface area contributed by atoms with Crippen LogP contribution in [0.25, 0.3) is 0 Å². The minimum absolute atomic E-state index is 0.182. The smallest absolute Gasteiger partial charge is 0.265 e. The standard InChI is InChI=1S/C29H27FN2O5S2/c1-36-27-17-16-24(18-28(27)37-2)39(34,35)32(26-11-7-6-10-25(26)30)19-29(33)31-22-14-12-21(13-15-22)20-38-23-8-4-3-5-9-23/h3-18H,19-20H2,1-2H3,(H,31,33). The number of halogens is 1. The zero-order valence-electron chi connectivity index (χ0n) is 21.3. The fourth-order valence-corrected chi connectivity index (χ4v) is 6.08. The highest BCUT2D eigenvalue weighted by Gasteiger charge is 2.30. The highest BCUT2D eigenvalue weighted by atomic mass is 32.2. The lowest BCUT2D eigenvalue weighted by Gasteiger charge is -2.25. The van der Waals surface area contributed by atoms with Crippen molar-refractivity contribution >= 4 is 39.1 Å². The Hall–Kier alpha value is -4.02. The van der Waals surface area contributed by atoms with Gasteiger partial charge < -0.3 is 14.8 Å². The number of carbonyl (C=O) groups excluding carboxylic acids is 1. The molecule has 0 aromatic heterocycles. The molecule has 0 fully saturated rings. The Balaban J connectivity index is 1.53. The first-order valence-electron chi connectivity index (χ1n) is 11.9. The Labute approximate surface area is 231 Å². The van der Waals surface area contributed by atoms with E-state index in [0.29, 0.717) is 11.4 Å². The molecule has 0 saturated carbocycles. The second kappa shape index (κ2) is 12.7. The van der Waals surface area contributed by atoms with E-state index in [1.54, 1.807) is 23.9 Å². The molecule has 1 amide bonds. The van der Waals surface area contributed by atoms with Crippen molar-refractivity contribution in [3.05, 3.63) is 108 Å². The first-order chi connectivity index (χ1) is 18.8. The van der Waals surface area contributed by atoms with Gasteiger partial charge in [-0.3, -0.25) is 9.10 Å². The van der Waals surface area contributed by atoms with Gasteiger partial charge in [-0.25, -0.2) is 12.8 Å². The molecule has 39 heavy (non-hydrogen) atoms. The summed E-state index contributed by atoms with van der Waals surface area (Å²) < 4.78 is 53.2. The van der Waals surface area contributed by atoms with Crippen molar-refractivity contribution in [1.82, 2.24) is 0 Å². The van der Waals surface area contributed by atoms with Crippen molar-refractivity contribution < 1.29 is 27.1 Å². The second-order valence-corrected chi connectivity index (χ2v) is 11.2. The van der Waals surface area contributed by atoms with E-state index in [2.05, 4.69) is 5.32 Å². The van der Waals surface area contributed by atoms with E-state index in [9.17, 15) is 17.6 Å². The Morgan fingerprint density at radius 2 is 1.54 bits per heavy atom. The number of carbonyl (C=O) groups is 1. The van der Waals surface area contributed by atoms with E-state index in [1.165, 1.54) is 50.6 Å². The van der Waals surface area contributed by atoms with Crippen LogP contribution in [0, 0.1) is 5.82 Å². The number of thioether (sulfide) groups is 1. The molecule has 10 heteroatoms. The van der Waals surface area contributed by atoms with Gasteiger partial charge in [-0.2, -0.15) is 0 Å². The second-order valence-electron chi connectivity index (χ2n) is 8.33. The maximum Gasteiger partial charge on any atom is 0.265 e. The van der Waals surface area contributed by atoms with E-state index < -0.39 is 28.3 Å². The van der Waals surface area contributed by atoms with Crippen molar-refractivity contribution in [2.45, 2.75) is 15.5 Å². The highest BCUT2D eigenvalue weighted by molar-refractivity contribution is 7.98. The van der Waals surface area contributed by atoms with Crippen LogP contribution in [0.4, 0.5) is 15.8 Å². The number of rotatable bonds is 11. The van der Waals surface area contributed by atoms with E-state index in [0.717, 1.165) is 26.6 Å². The molecule has 4 rings (SSSR count). The largest absolute Gasteiger partial charge is 0.493 e. The number of methoxy groups -OCH3 is 2. The van der Waals surface area contributed by atoms with Crippen LogP contribution in [-0.2, 0) is 20.6 Å². The van der Waals surface area contributed by atoms with E-state index in [1.807, 2.05) is 42.5 Å². The molecule has 0 spiro atoms. The number of hydrogen-bond donors (Lipinski definition) is 1. The summed E-state index contributed by atoms with van der Waals surface area (Å²) in [6.07, 6.45) is 0. The van der Waals surface area contributed by atoms with Gasteiger partial charge in [0, 0.05) is 22.4 Å². The molecule has 4 aromatic rings. The van der Waals surface area contributed by atoms with Gasteiger partial charge in [-0.1, -0.05) is 42.5 Å². The van der Waals surface area contributed by atoms with Gasteiger partial charge in [0.1, 0.15) is 12.4 Å². The maximum absolute atomic E-state index is 14.8. The van der Waals surface area contributed by atoms with Gasteiger partial charge in [0.25, 0.3) is 10.0 Å². The summed E-state index contributed by atoms with van der Waals surface area (Å²) in [5.41, 5.74) is 1.30. The number of benzene rings is 4. The third-order valence-corrected chi connectivity index (χ3v) is 8.58. The molecule has 0 aliphatic rings. The fourth-order valence-electron chi connectivity index (χ4n) is 3.76. The zero-order valence-corrected chi connectivity index (χ0v) is 23.0. The molecule has 4 aromatic carbocycles. The molecule has 0 bridgehead atoms. The van der Waals surface area contributed by atoms with Gasteiger partial charge in [-0.15, -0.1) is 11.8 Å². The SMILES string of the molecule is COc1ccc(S(=O)(=O)N(CC(=O)Nc2ccc(CSc3ccccc3)cc2)c2ccccc2F)cc1OC. The molecule has 0 aliphatic heterocycles. The highest BCUT2D eigenvalue weighted by Crippen LogP contribution is 2.33. The number of anilines is 2. The van der Waals surface area contributed by atoms with Crippen LogP contribution in [0.3, 0.4) is 0 Å². The minimum atomic E-state index is -4.37. The number of para-hydroxylation sites is 1. The third-order valence-electron chi connectivity index (χ3n) is 5.74. The van der Waals surface area contributed by atoms with Crippen molar-refractivity contribution in [3.8, 4) is 11.5 Å². The van der Waals surface area contributed by atoms with Crippen molar-refractivity contribution in [1.29, 1.82) is 0 Å².